The summed E-state index contributed by atoms with van der Waals surface area (Å²) in [5, 5.41) is 3.84. The van der Waals surface area contributed by atoms with Crippen LogP contribution in [0.3, 0.4) is 0 Å². The Hall–Kier alpha value is -3.64. The summed E-state index contributed by atoms with van der Waals surface area (Å²) in [4.78, 5) is 18.8. The predicted octanol–water partition coefficient (Wildman–Crippen LogP) is 5.98. The van der Waals surface area contributed by atoms with Gasteiger partial charge in [0.15, 0.2) is 0 Å². The summed E-state index contributed by atoms with van der Waals surface area (Å²) in [6, 6.07) is 23.6. The Bertz CT molecular complexity index is 1220. The third-order valence-electron chi connectivity index (χ3n) is 5.04. The summed E-state index contributed by atoms with van der Waals surface area (Å²) < 4.78 is 10.6. The summed E-state index contributed by atoms with van der Waals surface area (Å²) in [6.45, 7) is 2.06. The Morgan fingerprint density at radius 1 is 0.938 bits per heavy atom. The monoisotopic (exact) mass is 444 g/mol. The summed E-state index contributed by atoms with van der Waals surface area (Å²) in [6.07, 6.45) is 0.154. The summed E-state index contributed by atoms with van der Waals surface area (Å²) >= 11 is 1.60. The van der Waals surface area contributed by atoms with Crippen LogP contribution in [0, 0.1) is 6.92 Å². The molecule has 0 unspecified atom stereocenters. The highest BCUT2D eigenvalue weighted by Gasteiger charge is 2.18. The van der Waals surface area contributed by atoms with E-state index in [0.29, 0.717) is 17.2 Å². The molecule has 4 rings (SSSR count). The molecule has 0 aliphatic carbocycles. The quantitative estimate of drug-likeness (QED) is 0.381. The molecule has 0 saturated carbocycles. The number of carbonyl (C=O) groups is 1. The average Bonchev–Trinajstić information content (AvgIpc) is 3.24. The second-order valence-electron chi connectivity index (χ2n) is 7.32. The molecule has 162 valence electrons. The number of carbonyl (C=O) groups excluding carboxylic acids is 1. The molecule has 1 aromatic heterocycles. The third-order valence-corrected chi connectivity index (χ3v) is 6.24. The number of benzene rings is 3. The number of aryl methyl sites for hydroxylation is 1. The summed E-state index contributed by atoms with van der Waals surface area (Å²) in [5.74, 6) is 1.04. The van der Waals surface area contributed by atoms with Crippen molar-refractivity contribution >= 4 is 22.9 Å². The van der Waals surface area contributed by atoms with Gasteiger partial charge in [0, 0.05) is 11.6 Å². The van der Waals surface area contributed by atoms with E-state index in [1.54, 1.807) is 43.8 Å². The zero-order valence-corrected chi connectivity index (χ0v) is 19.0. The van der Waals surface area contributed by atoms with Crippen LogP contribution >= 0.6 is 11.3 Å². The van der Waals surface area contributed by atoms with Crippen LogP contribution < -0.4 is 14.8 Å². The van der Waals surface area contributed by atoms with Crippen molar-refractivity contribution in [1.29, 1.82) is 0 Å². The normalized spacial score (nSPS) is 10.6. The van der Waals surface area contributed by atoms with Crippen molar-refractivity contribution in [1.82, 2.24) is 4.98 Å². The molecular weight excluding hydrogens is 420 g/mol. The Morgan fingerprint density at radius 2 is 1.69 bits per heavy atom. The molecule has 0 aliphatic heterocycles. The molecule has 0 aliphatic rings. The predicted molar refractivity (Wildman–Crippen MR) is 130 cm³/mol. The maximum Gasteiger partial charge on any atom is 0.230 e. The molecule has 4 aromatic rings. The smallest absolute Gasteiger partial charge is 0.230 e. The zero-order chi connectivity index (χ0) is 22.5. The van der Waals surface area contributed by atoms with Gasteiger partial charge in [-0.1, -0.05) is 60.2 Å². The molecule has 1 N–H and O–H groups in total. The van der Waals surface area contributed by atoms with E-state index in [0.717, 1.165) is 26.7 Å². The fourth-order valence-corrected chi connectivity index (χ4v) is 4.45. The van der Waals surface area contributed by atoms with Crippen LogP contribution in [0.5, 0.6) is 11.5 Å². The van der Waals surface area contributed by atoms with Gasteiger partial charge < -0.3 is 14.8 Å². The Balaban J connectivity index is 1.64. The van der Waals surface area contributed by atoms with E-state index in [1.807, 2.05) is 30.3 Å². The topological polar surface area (TPSA) is 60.5 Å². The van der Waals surface area contributed by atoms with Crippen molar-refractivity contribution in [3.05, 3.63) is 84.1 Å². The number of methoxy groups -OCH3 is 2. The molecular formula is C26H24N2O3S. The van der Waals surface area contributed by atoms with Gasteiger partial charge in [-0.3, -0.25) is 4.79 Å². The van der Waals surface area contributed by atoms with E-state index in [9.17, 15) is 4.79 Å². The van der Waals surface area contributed by atoms with Gasteiger partial charge >= 0.3 is 0 Å². The highest BCUT2D eigenvalue weighted by atomic mass is 32.1. The van der Waals surface area contributed by atoms with Gasteiger partial charge in [-0.2, -0.15) is 0 Å². The minimum Gasteiger partial charge on any atom is -0.497 e. The number of rotatable bonds is 7. The van der Waals surface area contributed by atoms with Crippen molar-refractivity contribution < 1.29 is 14.3 Å². The molecule has 0 radical (unpaired) electrons. The number of hydrogen-bond donors (Lipinski definition) is 1. The summed E-state index contributed by atoms with van der Waals surface area (Å²) in [7, 11) is 3.15. The second kappa shape index (κ2) is 9.66. The SMILES string of the molecule is COc1ccc(NC(=O)Cc2nc(-c3ccccc3)sc2-c2ccc(C)cc2)c(OC)c1. The number of hydrogen-bond acceptors (Lipinski definition) is 5. The van der Waals surface area contributed by atoms with Crippen molar-refractivity contribution in [2.75, 3.05) is 19.5 Å². The van der Waals surface area contributed by atoms with E-state index in [1.165, 1.54) is 5.56 Å². The lowest BCUT2D eigenvalue weighted by atomic mass is 10.1. The summed E-state index contributed by atoms with van der Waals surface area (Å²) in [5.41, 5.74) is 4.62. The first kappa shape index (κ1) is 21.6. The largest absolute Gasteiger partial charge is 0.497 e. The van der Waals surface area contributed by atoms with E-state index in [4.69, 9.17) is 14.5 Å². The van der Waals surface area contributed by atoms with Gasteiger partial charge in [0.1, 0.15) is 16.5 Å². The number of thiazole rings is 1. The van der Waals surface area contributed by atoms with Crippen molar-refractivity contribution in [3.8, 4) is 32.5 Å². The first-order valence-electron chi connectivity index (χ1n) is 10.2. The van der Waals surface area contributed by atoms with Crippen LogP contribution in [-0.2, 0) is 11.2 Å². The molecule has 1 amide bonds. The number of aromatic nitrogens is 1. The number of nitrogens with one attached hydrogen (secondary N) is 1. The van der Waals surface area contributed by atoms with Crippen LogP contribution in [0.1, 0.15) is 11.3 Å². The molecule has 0 spiro atoms. The van der Waals surface area contributed by atoms with Crippen LogP contribution in [0.15, 0.2) is 72.8 Å². The fourth-order valence-electron chi connectivity index (χ4n) is 3.35. The molecule has 3 aromatic carbocycles. The molecule has 32 heavy (non-hydrogen) atoms. The maximum atomic E-state index is 13.0. The van der Waals surface area contributed by atoms with Crippen LogP contribution in [0.2, 0.25) is 0 Å². The fraction of sp³-hybridized carbons (Fsp3) is 0.154. The Kier molecular flexibility index (Phi) is 6.52. The first-order chi connectivity index (χ1) is 15.6. The second-order valence-corrected chi connectivity index (χ2v) is 8.32. The van der Waals surface area contributed by atoms with Gasteiger partial charge in [-0.25, -0.2) is 4.98 Å². The van der Waals surface area contributed by atoms with E-state index >= 15 is 0 Å². The van der Waals surface area contributed by atoms with Gasteiger partial charge in [0.2, 0.25) is 5.91 Å². The lowest BCUT2D eigenvalue weighted by molar-refractivity contribution is -0.115. The first-order valence-corrected chi connectivity index (χ1v) is 11.0. The highest BCUT2D eigenvalue weighted by molar-refractivity contribution is 7.18. The van der Waals surface area contributed by atoms with Crippen molar-refractivity contribution in [2.45, 2.75) is 13.3 Å². The molecule has 0 saturated heterocycles. The zero-order valence-electron chi connectivity index (χ0n) is 18.2. The highest BCUT2D eigenvalue weighted by Crippen LogP contribution is 2.36. The van der Waals surface area contributed by atoms with Crippen molar-refractivity contribution in [3.63, 3.8) is 0 Å². The number of nitrogens with zero attached hydrogens (tertiary/aromatic N) is 1. The van der Waals surface area contributed by atoms with Gasteiger partial charge in [0.25, 0.3) is 0 Å². The molecule has 0 fully saturated rings. The molecule has 6 heteroatoms. The Labute approximate surface area is 191 Å². The van der Waals surface area contributed by atoms with E-state index in [2.05, 4.69) is 36.5 Å². The van der Waals surface area contributed by atoms with Crippen LogP contribution in [0.25, 0.3) is 21.0 Å². The van der Waals surface area contributed by atoms with Crippen molar-refractivity contribution in [2.24, 2.45) is 0 Å². The van der Waals surface area contributed by atoms with E-state index < -0.39 is 0 Å². The lowest BCUT2D eigenvalue weighted by Gasteiger charge is -2.11. The minimum atomic E-state index is -0.160. The number of amides is 1. The average molecular weight is 445 g/mol. The molecule has 1 heterocycles. The lowest BCUT2D eigenvalue weighted by Crippen LogP contribution is -2.15. The van der Waals surface area contributed by atoms with E-state index in [-0.39, 0.29) is 12.3 Å². The third kappa shape index (κ3) is 4.81. The van der Waals surface area contributed by atoms with Crippen LogP contribution in [-0.4, -0.2) is 25.1 Å². The number of anilines is 1. The van der Waals surface area contributed by atoms with Gasteiger partial charge in [-0.15, -0.1) is 11.3 Å². The molecule has 0 bridgehead atoms. The van der Waals surface area contributed by atoms with Gasteiger partial charge in [0.05, 0.1) is 36.9 Å². The van der Waals surface area contributed by atoms with Crippen LogP contribution in [0.4, 0.5) is 5.69 Å². The molecule has 0 atom stereocenters. The van der Waals surface area contributed by atoms with Gasteiger partial charge in [-0.05, 0) is 24.6 Å². The maximum absolute atomic E-state index is 13.0. The Morgan fingerprint density at radius 3 is 2.38 bits per heavy atom. The number of ether oxygens (including phenoxy) is 2. The molecule has 5 nitrogen and oxygen atoms in total. The minimum absolute atomic E-state index is 0.154. The standard InChI is InChI=1S/C26H24N2O3S/c1-17-9-11-18(12-10-17)25-22(28-26(32-25)19-7-5-4-6-8-19)16-24(29)27-21-14-13-20(30-2)15-23(21)31-3/h4-15H,16H2,1-3H3,(H,27,29).